The van der Waals surface area contributed by atoms with Gasteiger partial charge in [-0.3, -0.25) is 4.79 Å². The molecule has 0 aromatic heterocycles. The van der Waals surface area contributed by atoms with Crippen LogP contribution in [0.1, 0.15) is 39.5 Å². The summed E-state index contributed by atoms with van der Waals surface area (Å²) < 4.78 is 11.2. The lowest BCUT2D eigenvalue weighted by molar-refractivity contribution is -0.155. The molecular formula is C16H20O3. The minimum Gasteiger partial charge on any atom is -0.493 e. The predicted octanol–water partition coefficient (Wildman–Crippen LogP) is 3.28. The molecule has 102 valence electrons. The summed E-state index contributed by atoms with van der Waals surface area (Å²) in [6, 6.07) is 0. The van der Waals surface area contributed by atoms with Crippen LogP contribution >= 0.6 is 0 Å². The molecule has 0 aromatic carbocycles. The number of allylic oxidation sites excluding steroid dienone is 3. The molecule has 0 N–H and O–H groups in total. The van der Waals surface area contributed by atoms with Crippen molar-refractivity contribution in [1.29, 1.82) is 0 Å². The zero-order chi connectivity index (χ0) is 13.6. The van der Waals surface area contributed by atoms with Crippen LogP contribution in [0.25, 0.3) is 0 Å². The lowest BCUT2D eigenvalue weighted by atomic mass is 9.67. The highest BCUT2D eigenvalue weighted by Gasteiger charge is 2.57. The highest BCUT2D eigenvalue weighted by Crippen LogP contribution is 2.54. The zero-order valence-electron chi connectivity index (χ0n) is 11.8. The van der Waals surface area contributed by atoms with Gasteiger partial charge in [-0.25, -0.2) is 0 Å². The third kappa shape index (κ3) is 1.67. The Labute approximate surface area is 114 Å². The van der Waals surface area contributed by atoms with Gasteiger partial charge in [-0.05, 0) is 32.3 Å². The second-order valence-corrected chi connectivity index (χ2v) is 5.86. The number of rotatable bonds is 1. The summed E-state index contributed by atoms with van der Waals surface area (Å²) in [5.74, 6) is 0.873. The van der Waals surface area contributed by atoms with Crippen molar-refractivity contribution in [2.75, 3.05) is 7.11 Å². The summed E-state index contributed by atoms with van der Waals surface area (Å²) in [5.41, 5.74) is 3.20. The predicted molar refractivity (Wildman–Crippen MR) is 72.3 cm³/mol. The molecule has 3 nitrogen and oxygen atoms in total. The monoisotopic (exact) mass is 260 g/mol. The maximum Gasteiger partial charge on any atom is 0.320 e. The van der Waals surface area contributed by atoms with Gasteiger partial charge in [0.2, 0.25) is 0 Å². The van der Waals surface area contributed by atoms with E-state index in [1.54, 1.807) is 0 Å². The Hall–Kier alpha value is -1.51. The molecule has 0 fully saturated rings. The van der Waals surface area contributed by atoms with Crippen molar-refractivity contribution < 1.29 is 14.3 Å². The van der Waals surface area contributed by atoms with E-state index in [1.807, 2.05) is 0 Å². The van der Waals surface area contributed by atoms with Crippen molar-refractivity contribution in [3.8, 4) is 0 Å². The molecule has 19 heavy (non-hydrogen) atoms. The van der Waals surface area contributed by atoms with E-state index in [4.69, 9.17) is 9.47 Å². The molecule has 0 radical (unpaired) electrons. The second-order valence-electron chi connectivity index (χ2n) is 5.86. The molecule has 0 amide bonds. The van der Waals surface area contributed by atoms with Gasteiger partial charge in [-0.15, -0.1) is 0 Å². The van der Waals surface area contributed by atoms with Crippen LogP contribution in [-0.4, -0.2) is 19.2 Å². The first kappa shape index (κ1) is 12.5. The first-order valence-electron chi connectivity index (χ1n) is 6.86. The maximum absolute atomic E-state index is 12.4. The summed E-state index contributed by atoms with van der Waals surface area (Å²) in [6.45, 7) is 4.22. The third-order valence-corrected chi connectivity index (χ3v) is 4.63. The SMILES string of the molecule is COC(=O)C12CC=C(C)CC1OC1=C2CC=C(C)C1. The van der Waals surface area contributed by atoms with Gasteiger partial charge in [0.1, 0.15) is 17.3 Å². The van der Waals surface area contributed by atoms with E-state index >= 15 is 0 Å². The lowest BCUT2D eigenvalue weighted by Gasteiger charge is -2.36. The quantitative estimate of drug-likeness (QED) is 0.536. The highest BCUT2D eigenvalue weighted by atomic mass is 16.5. The van der Waals surface area contributed by atoms with E-state index in [0.29, 0.717) is 6.42 Å². The molecule has 0 bridgehead atoms. The van der Waals surface area contributed by atoms with Gasteiger partial charge in [-0.2, -0.15) is 0 Å². The number of methoxy groups -OCH3 is 1. The van der Waals surface area contributed by atoms with Gasteiger partial charge in [0.05, 0.1) is 7.11 Å². The van der Waals surface area contributed by atoms with Crippen molar-refractivity contribution in [2.24, 2.45) is 5.41 Å². The number of hydrogen-bond acceptors (Lipinski definition) is 3. The molecule has 0 saturated heterocycles. The fourth-order valence-corrected chi connectivity index (χ4v) is 3.53. The van der Waals surface area contributed by atoms with Gasteiger partial charge >= 0.3 is 5.97 Å². The smallest absolute Gasteiger partial charge is 0.320 e. The molecule has 3 heteroatoms. The van der Waals surface area contributed by atoms with E-state index in [-0.39, 0.29) is 12.1 Å². The molecule has 0 aromatic rings. The Morgan fingerprint density at radius 3 is 2.89 bits per heavy atom. The Morgan fingerprint density at radius 2 is 2.16 bits per heavy atom. The summed E-state index contributed by atoms with van der Waals surface area (Å²) >= 11 is 0. The summed E-state index contributed by atoms with van der Waals surface area (Å²) in [6.07, 6.45) is 7.49. The van der Waals surface area contributed by atoms with Crippen molar-refractivity contribution in [3.63, 3.8) is 0 Å². The van der Waals surface area contributed by atoms with Gasteiger partial charge in [-0.1, -0.05) is 23.3 Å². The Morgan fingerprint density at radius 1 is 1.37 bits per heavy atom. The fraction of sp³-hybridized carbons (Fsp3) is 0.562. The molecule has 0 spiro atoms. The van der Waals surface area contributed by atoms with Crippen molar-refractivity contribution in [1.82, 2.24) is 0 Å². The van der Waals surface area contributed by atoms with Gasteiger partial charge in [0.15, 0.2) is 0 Å². The van der Waals surface area contributed by atoms with E-state index in [0.717, 1.165) is 30.6 Å². The summed E-state index contributed by atoms with van der Waals surface area (Å²) in [4.78, 5) is 12.4. The van der Waals surface area contributed by atoms with E-state index in [1.165, 1.54) is 18.3 Å². The van der Waals surface area contributed by atoms with Crippen molar-refractivity contribution >= 4 is 5.97 Å². The molecule has 2 aliphatic carbocycles. The molecular weight excluding hydrogens is 240 g/mol. The van der Waals surface area contributed by atoms with Crippen LogP contribution in [0.4, 0.5) is 0 Å². The third-order valence-electron chi connectivity index (χ3n) is 4.63. The van der Waals surface area contributed by atoms with Crippen molar-refractivity contribution in [2.45, 2.75) is 45.6 Å². The van der Waals surface area contributed by atoms with Gasteiger partial charge in [0.25, 0.3) is 0 Å². The lowest BCUT2D eigenvalue weighted by Crippen LogP contribution is -2.44. The summed E-state index contributed by atoms with van der Waals surface area (Å²) in [5, 5.41) is 0. The van der Waals surface area contributed by atoms with Crippen LogP contribution in [0.3, 0.4) is 0 Å². The molecule has 2 unspecified atom stereocenters. The van der Waals surface area contributed by atoms with Crippen LogP contribution in [0.5, 0.6) is 0 Å². The van der Waals surface area contributed by atoms with Crippen molar-refractivity contribution in [3.05, 3.63) is 34.6 Å². The molecule has 1 heterocycles. The molecule has 2 atom stereocenters. The van der Waals surface area contributed by atoms with Crippen LogP contribution in [0, 0.1) is 5.41 Å². The molecule has 0 saturated carbocycles. The molecule has 3 aliphatic rings. The standard InChI is InChI=1S/C16H20O3/c1-10-4-5-12-13(8-10)19-14-9-11(2)6-7-16(12,14)15(17)18-3/h4,6,14H,5,7-9H2,1-3H3. The van der Waals surface area contributed by atoms with E-state index in [2.05, 4.69) is 26.0 Å². The molecule has 3 rings (SSSR count). The number of carbonyl (C=O) groups is 1. The van der Waals surface area contributed by atoms with E-state index in [9.17, 15) is 4.79 Å². The normalized spacial score (nSPS) is 32.9. The van der Waals surface area contributed by atoms with E-state index < -0.39 is 5.41 Å². The average Bonchev–Trinajstić information content (AvgIpc) is 2.70. The first-order valence-corrected chi connectivity index (χ1v) is 6.86. The maximum atomic E-state index is 12.4. The van der Waals surface area contributed by atoms with Crippen LogP contribution in [0.15, 0.2) is 34.6 Å². The number of ether oxygens (including phenoxy) is 2. The first-order chi connectivity index (χ1) is 9.07. The van der Waals surface area contributed by atoms with Gasteiger partial charge < -0.3 is 9.47 Å². The number of esters is 1. The highest BCUT2D eigenvalue weighted by molar-refractivity contribution is 5.83. The second kappa shape index (κ2) is 4.26. The average molecular weight is 260 g/mol. The van der Waals surface area contributed by atoms with Gasteiger partial charge in [0, 0.05) is 12.8 Å². The Kier molecular flexibility index (Phi) is 2.80. The Balaban J connectivity index is 2.05. The van der Waals surface area contributed by atoms with Crippen LogP contribution in [-0.2, 0) is 14.3 Å². The minimum absolute atomic E-state index is 0.0748. The fourth-order valence-electron chi connectivity index (χ4n) is 3.53. The topological polar surface area (TPSA) is 35.5 Å². The number of carbonyl (C=O) groups excluding carboxylic acids is 1. The molecule has 1 aliphatic heterocycles. The number of hydrogen-bond donors (Lipinski definition) is 0. The van der Waals surface area contributed by atoms with Crippen LogP contribution < -0.4 is 0 Å². The van der Waals surface area contributed by atoms with Crippen LogP contribution in [0.2, 0.25) is 0 Å². The number of fused-ring (bicyclic) bond motifs is 2. The summed E-state index contributed by atoms with van der Waals surface area (Å²) in [7, 11) is 1.47. The minimum atomic E-state index is -0.569. The zero-order valence-corrected chi connectivity index (χ0v) is 11.8. The Bertz CT molecular complexity index is 524. The largest absolute Gasteiger partial charge is 0.493 e.